The molecule has 0 aromatic carbocycles. The van der Waals surface area contributed by atoms with Gasteiger partial charge in [-0.1, -0.05) is 12.1 Å². The molecule has 1 aliphatic rings. The van der Waals surface area contributed by atoms with Gasteiger partial charge in [-0.2, -0.15) is 11.8 Å². The van der Waals surface area contributed by atoms with Gasteiger partial charge in [0.25, 0.3) is 0 Å². The largest absolute Gasteiger partial charge is 0.409 e. The Hall–Kier alpha value is -1.55. The van der Waals surface area contributed by atoms with Crippen LogP contribution in [-0.4, -0.2) is 58.6 Å². The van der Waals surface area contributed by atoms with E-state index in [4.69, 9.17) is 10.9 Å². The van der Waals surface area contributed by atoms with Gasteiger partial charge in [0.1, 0.15) is 11.1 Å². The van der Waals surface area contributed by atoms with Crippen LogP contribution in [-0.2, 0) is 9.84 Å². The van der Waals surface area contributed by atoms with Crippen molar-refractivity contribution in [1.29, 1.82) is 0 Å². The van der Waals surface area contributed by atoms with Crippen molar-refractivity contribution < 1.29 is 13.6 Å². The summed E-state index contributed by atoms with van der Waals surface area (Å²) in [5.74, 6) is 1.48. The molecule has 1 atom stereocenters. The van der Waals surface area contributed by atoms with Crippen molar-refractivity contribution in [3.63, 3.8) is 0 Å². The number of anilines is 1. The smallest absolute Gasteiger partial charge is 0.227 e. The lowest BCUT2D eigenvalue weighted by Crippen LogP contribution is -2.48. The first-order valence-corrected chi connectivity index (χ1v) is 9.23. The molecule has 1 aromatic heterocycles. The van der Waals surface area contributed by atoms with Gasteiger partial charge in [0.15, 0.2) is 15.7 Å². The highest BCUT2D eigenvalue weighted by Crippen LogP contribution is 2.24. The quantitative estimate of drug-likeness (QED) is 0.339. The maximum atomic E-state index is 12.2. The molecule has 1 aliphatic heterocycles. The zero-order valence-corrected chi connectivity index (χ0v) is 13.1. The standard InChI is InChI=1S/C11H17N5O3S2/c1-2-21(18,19)9-7-20-6-5-16(9)11-13-4-3-8(14-11)10(12)15-17/h3-4,9,17H,2,5-7H2,1H3,(H2,12,15). The van der Waals surface area contributed by atoms with E-state index in [1.165, 1.54) is 12.3 Å². The summed E-state index contributed by atoms with van der Waals surface area (Å²) in [7, 11) is -3.24. The molecule has 1 aromatic rings. The average Bonchev–Trinajstić information content (AvgIpc) is 2.54. The summed E-state index contributed by atoms with van der Waals surface area (Å²) in [6.45, 7) is 2.16. The van der Waals surface area contributed by atoms with E-state index < -0.39 is 15.2 Å². The minimum Gasteiger partial charge on any atom is -0.409 e. The van der Waals surface area contributed by atoms with E-state index in [2.05, 4.69) is 15.1 Å². The molecule has 0 aliphatic carbocycles. The van der Waals surface area contributed by atoms with Gasteiger partial charge in [-0.05, 0) is 6.07 Å². The predicted molar refractivity (Wildman–Crippen MR) is 82.5 cm³/mol. The van der Waals surface area contributed by atoms with E-state index in [-0.39, 0.29) is 23.2 Å². The van der Waals surface area contributed by atoms with Gasteiger partial charge in [-0.3, -0.25) is 0 Å². The van der Waals surface area contributed by atoms with E-state index in [1.54, 1.807) is 23.6 Å². The van der Waals surface area contributed by atoms with Crippen LogP contribution in [0.2, 0.25) is 0 Å². The molecule has 2 heterocycles. The first-order valence-electron chi connectivity index (χ1n) is 6.36. The second kappa shape index (κ2) is 6.48. The molecule has 8 nitrogen and oxygen atoms in total. The van der Waals surface area contributed by atoms with Crippen LogP contribution in [0.15, 0.2) is 17.4 Å². The van der Waals surface area contributed by atoms with Crippen molar-refractivity contribution in [3.8, 4) is 0 Å². The molecule has 2 rings (SSSR count). The molecule has 0 saturated carbocycles. The van der Waals surface area contributed by atoms with Gasteiger partial charge < -0.3 is 15.8 Å². The number of hydrogen-bond acceptors (Lipinski definition) is 8. The summed E-state index contributed by atoms with van der Waals surface area (Å²) in [5.41, 5.74) is 5.77. The Kier molecular flexibility index (Phi) is 4.88. The van der Waals surface area contributed by atoms with Crippen LogP contribution in [0.25, 0.3) is 0 Å². The fraction of sp³-hybridized carbons (Fsp3) is 0.545. The van der Waals surface area contributed by atoms with E-state index in [9.17, 15) is 8.42 Å². The average molecular weight is 331 g/mol. The van der Waals surface area contributed by atoms with Crippen LogP contribution in [0.4, 0.5) is 5.95 Å². The lowest BCUT2D eigenvalue weighted by Gasteiger charge is -2.34. The van der Waals surface area contributed by atoms with Crippen LogP contribution < -0.4 is 10.6 Å². The zero-order valence-electron chi connectivity index (χ0n) is 11.5. The molecule has 0 bridgehead atoms. The molecule has 3 N–H and O–H groups in total. The van der Waals surface area contributed by atoms with Gasteiger partial charge in [-0.25, -0.2) is 18.4 Å². The Morgan fingerprint density at radius 2 is 2.43 bits per heavy atom. The third kappa shape index (κ3) is 3.38. The molecular weight excluding hydrogens is 314 g/mol. The molecule has 1 fully saturated rings. The number of oxime groups is 1. The SMILES string of the molecule is CCS(=O)(=O)C1CSCCN1c1nccc(/C(N)=N/O)n1. The maximum Gasteiger partial charge on any atom is 0.227 e. The molecule has 0 radical (unpaired) electrons. The molecule has 0 spiro atoms. The van der Waals surface area contributed by atoms with Gasteiger partial charge >= 0.3 is 0 Å². The van der Waals surface area contributed by atoms with E-state index in [0.29, 0.717) is 12.3 Å². The van der Waals surface area contributed by atoms with E-state index in [1.807, 2.05) is 0 Å². The number of nitrogens with zero attached hydrogens (tertiary/aromatic N) is 4. The normalized spacial score (nSPS) is 20.5. The summed E-state index contributed by atoms with van der Waals surface area (Å²) in [4.78, 5) is 9.99. The second-order valence-electron chi connectivity index (χ2n) is 4.40. The molecular formula is C11H17N5O3S2. The zero-order chi connectivity index (χ0) is 15.5. The highest BCUT2D eigenvalue weighted by Gasteiger charge is 2.34. The third-order valence-electron chi connectivity index (χ3n) is 3.17. The fourth-order valence-electron chi connectivity index (χ4n) is 1.98. The molecule has 1 saturated heterocycles. The molecule has 1 unspecified atom stereocenters. The predicted octanol–water partition coefficient (Wildman–Crippen LogP) is -0.115. The van der Waals surface area contributed by atoms with E-state index in [0.717, 1.165) is 5.75 Å². The van der Waals surface area contributed by atoms with Crippen LogP contribution in [0.1, 0.15) is 12.6 Å². The lowest BCUT2D eigenvalue weighted by molar-refractivity contribution is 0.318. The van der Waals surface area contributed by atoms with Gasteiger partial charge in [0, 0.05) is 30.0 Å². The first-order chi connectivity index (χ1) is 9.99. The molecule has 0 amide bonds. The van der Waals surface area contributed by atoms with Gasteiger partial charge in [0.05, 0.1) is 0 Å². The Morgan fingerprint density at radius 1 is 1.67 bits per heavy atom. The minimum atomic E-state index is -3.24. The topological polar surface area (TPSA) is 122 Å². The highest BCUT2D eigenvalue weighted by molar-refractivity contribution is 8.01. The Balaban J connectivity index is 2.38. The van der Waals surface area contributed by atoms with Crippen LogP contribution in [0.5, 0.6) is 0 Å². The number of aromatic nitrogens is 2. The van der Waals surface area contributed by atoms with Crippen LogP contribution in [0.3, 0.4) is 0 Å². The highest BCUT2D eigenvalue weighted by atomic mass is 32.2. The minimum absolute atomic E-state index is 0.0641. The van der Waals surface area contributed by atoms with Crippen LogP contribution >= 0.6 is 11.8 Å². The number of rotatable bonds is 4. The van der Waals surface area contributed by atoms with Gasteiger partial charge in [-0.15, -0.1) is 0 Å². The first kappa shape index (κ1) is 15.8. The summed E-state index contributed by atoms with van der Waals surface area (Å²) in [6, 6.07) is 1.50. The van der Waals surface area contributed by atoms with Crippen molar-refractivity contribution >= 4 is 33.4 Å². The summed E-state index contributed by atoms with van der Waals surface area (Å²) in [5, 5.41) is 10.9. The summed E-state index contributed by atoms with van der Waals surface area (Å²) >= 11 is 1.59. The van der Waals surface area contributed by atoms with Crippen molar-refractivity contribution in [2.24, 2.45) is 10.9 Å². The van der Waals surface area contributed by atoms with Crippen molar-refractivity contribution in [2.75, 3.05) is 28.7 Å². The van der Waals surface area contributed by atoms with Crippen LogP contribution in [0, 0.1) is 0 Å². The summed E-state index contributed by atoms with van der Waals surface area (Å²) in [6.07, 6.45) is 1.47. The maximum absolute atomic E-state index is 12.2. The third-order valence-corrected chi connectivity index (χ3v) is 6.46. The Bertz CT molecular complexity index is 635. The molecule has 116 valence electrons. The number of sulfone groups is 1. The summed E-state index contributed by atoms with van der Waals surface area (Å²) < 4.78 is 24.4. The lowest BCUT2D eigenvalue weighted by atomic mass is 10.4. The molecule has 21 heavy (non-hydrogen) atoms. The van der Waals surface area contributed by atoms with Crippen molar-refractivity contribution in [2.45, 2.75) is 12.3 Å². The number of thioether (sulfide) groups is 1. The van der Waals surface area contributed by atoms with E-state index >= 15 is 0 Å². The number of amidine groups is 1. The van der Waals surface area contributed by atoms with Crippen molar-refractivity contribution in [1.82, 2.24) is 9.97 Å². The number of nitrogens with two attached hydrogens (primary N) is 1. The van der Waals surface area contributed by atoms with Gasteiger partial charge in [0.2, 0.25) is 5.95 Å². The Morgan fingerprint density at radius 3 is 3.10 bits per heavy atom. The second-order valence-corrected chi connectivity index (χ2v) is 8.00. The Labute approximate surface area is 127 Å². The monoisotopic (exact) mass is 331 g/mol. The molecule has 10 heteroatoms. The van der Waals surface area contributed by atoms with Crippen molar-refractivity contribution in [3.05, 3.63) is 18.0 Å². The number of hydrogen-bond donors (Lipinski definition) is 2. The fourth-order valence-corrected chi connectivity index (χ4v) is 4.94.